The van der Waals surface area contributed by atoms with E-state index in [4.69, 9.17) is 4.42 Å². The van der Waals surface area contributed by atoms with Gasteiger partial charge in [0.05, 0.1) is 6.54 Å². The van der Waals surface area contributed by atoms with Crippen LogP contribution in [-0.4, -0.2) is 54.7 Å². The van der Waals surface area contributed by atoms with Crippen molar-refractivity contribution in [3.63, 3.8) is 0 Å². The Labute approximate surface area is 181 Å². The van der Waals surface area contributed by atoms with Crippen LogP contribution in [0.25, 0.3) is 0 Å². The number of likely N-dealkylation sites (N-methyl/N-ethyl adjacent to an activating group) is 1. The summed E-state index contributed by atoms with van der Waals surface area (Å²) < 4.78 is 5.56. The van der Waals surface area contributed by atoms with Crippen molar-refractivity contribution in [2.45, 2.75) is 65.5 Å². The number of furan rings is 1. The quantitative estimate of drug-likeness (QED) is 0.310. The molecule has 7 heteroatoms. The van der Waals surface area contributed by atoms with Crippen molar-refractivity contribution in [3.8, 4) is 0 Å². The fourth-order valence-corrected chi connectivity index (χ4v) is 3.75. The number of guanidine groups is 1. The maximum Gasteiger partial charge on any atom is 0.191 e. The second kappa shape index (κ2) is 11.3. The second-order valence-corrected chi connectivity index (χ2v) is 7.46. The van der Waals surface area contributed by atoms with E-state index in [9.17, 15) is 5.11 Å². The van der Waals surface area contributed by atoms with E-state index < -0.39 is 5.60 Å². The molecule has 27 heavy (non-hydrogen) atoms. The van der Waals surface area contributed by atoms with Crippen molar-refractivity contribution >= 4 is 29.9 Å². The van der Waals surface area contributed by atoms with Crippen molar-refractivity contribution in [2.24, 2.45) is 4.99 Å². The zero-order chi connectivity index (χ0) is 19.2. The molecule has 2 heterocycles. The van der Waals surface area contributed by atoms with Crippen LogP contribution in [0.1, 0.15) is 57.1 Å². The molecule has 0 radical (unpaired) electrons. The molecule has 156 valence electrons. The molecular weight excluding hydrogens is 455 g/mol. The fraction of sp³-hybridized carbons (Fsp3) is 0.750. The van der Waals surface area contributed by atoms with Gasteiger partial charge in [0, 0.05) is 24.7 Å². The monoisotopic (exact) mass is 492 g/mol. The van der Waals surface area contributed by atoms with Crippen LogP contribution in [0.3, 0.4) is 0 Å². The van der Waals surface area contributed by atoms with Gasteiger partial charge in [0.1, 0.15) is 17.1 Å². The highest BCUT2D eigenvalue weighted by atomic mass is 127. The molecule has 3 N–H and O–H groups in total. The minimum Gasteiger partial charge on any atom is -0.466 e. The summed E-state index contributed by atoms with van der Waals surface area (Å²) in [5, 5.41) is 17.6. The number of nitrogens with zero attached hydrogens (tertiary/aromatic N) is 2. The summed E-state index contributed by atoms with van der Waals surface area (Å²) in [7, 11) is 0. The zero-order valence-corrected chi connectivity index (χ0v) is 19.8. The molecule has 2 rings (SSSR count). The highest BCUT2D eigenvalue weighted by Crippen LogP contribution is 2.27. The average molecular weight is 492 g/mol. The molecule has 1 aromatic heterocycles. The van der Waals surface area contributed by atoms with Gasteiger partial charge in [-0.2, -0.15) is 0 Å². The van der Waals surface area contributed by atoms with Crippen molar-refractivity contribution in [1.29, 1.82) is 0 Å². The molecule has 1 fully saturated rings. The van der Waals surface area contributed by atoms with Crippen LogP contribution in [-0.2, 0) is 5.60 Å². The Balaban J connectivity index is 0.00000364. The summed E-state index contributed by atoms with van der Waals surface area (Å²) in [6, 6.07) is 2.45. The number of halogens is 1. The maximum absolute atomic E-state index is 10.9. The first-order valence-electron chi connectivity index (χ1n) is 9.93. The van der Waals surface area contributed by atoms with E-state index >= 15 is 0 Å². The number of aryl methyl sites for hydroxylation is 2. The summed E-state index contributed by atoms with van der Waals surface area (Å²) >= 11 is 0. The van der Waals surface area contributed by atoms with Crippen molar-refractivity contribution < 1.29 is 9.52 Å². The Bertz CT molecular complexity index is 601. The predicted octanol–water partition coefficient (Wildman–Crippen LogP) is 3.15. The highest BCUT2D eigenvalue weighted by Gasteiger charge is 2.28. The fourth-order valence-electron chi connectivity index (χ4n) is 3.75. The van der Waals surface area contributed by atoms with Gasteiger partial charge in [-0.05, 0) is 59.7 Å². The topological polar surface area (TPSA) is 73.0 Å². The third kappa shape index (κ3) is 6.94. The Morgan fingerprint density at radius 1 is 1.33 bits per heavy atom. The van der Waals surface area contributed by atoms with E-state index in [-0.39, 0.29) is 30.5 Å². The molecule has 1 aromatic rings. The first kappa shape index (κ1) is 24.2. The van der Waals surface area contributed by atoms with E-state index in [1.54, 1.807) is 6.92 Å². The van der Waals surface area contributed by atoms with Crippen molar-refractivity contribution in [3.05, 3.63) is 23.2 Å². The SMILES string of the molecule is CCNC(=NCC(C)(O)c1cc(C)oc1C)NCC1CCCCN1CC.I. The highest BCUT2D eigenvalue weighted by molar-refractivity contribution is 14.0. The van der Waals surface area contributed by atoms with Crippen LogP contribution in [0.4, 0.5) is 0 Å². The van der Waals surface area contributed by atoms with Crippen LogP contribution in [0.5, 0.6) is 0 Å². The smallest absolute Gasteiger partial charge is 0.191 e. The Morgan fingerprint density at radius 2 is 2.07 bits per heavy atom. The second-order valence-electron chi connectivity index (χ2n) is 7.46. The Hall–Kier alpha value is -0.800. The Kier molecular flexibility index (Phi) is 10.1. The maximum atomic E-state index is 10.9. The molecule has 0 aliphatic carbocycles. The summed E-state index contributed by atoms with van der Waals surface area (Å²) in [5.74, 6) is 2.32. The number of hydrogen-bond donors (Lipinski definition) is 3. The number of likely N-dealkylation sites (tertiary alicyclic amines) is 1. The number of hydrogen-bond acceptors (Lipinski definition) is 4. The van der Waals surface area contributed by atoms with E-state index in [0.717, 1.165) is 42.7 Å². The number of aliphatic hydroxyl groups is 1. The van der Waals surface area contributed by atoms with E-state index in [2.05, 4.69) is 34.4 Å². The lowest BCUT2D eigenvalue weighted by Gasteiger charge is -2.35. The molecule has 1 aliphatic heterocycles. The predicted molar refractivity (Wildman–Crippen MR) is 122 cm³/mol. The normalized spacial score (nSPS) is 20.7. The van der Waals surface area contributed by atoms with Gasteiger partial charge in [0.25, 0.3) is 0 Å². The first-order chi connectivity index (χ1) is 12.4. The molecule has 1 saturated heterocycles. The first-order valence-corrected chi connectivity index (χ1v) is 9.93. The van der Waals surface area contributed by atoms with Gasteiger partial charge in [-0.3, -0.25) is 4.90 Å². The molecule has 0 bridgehead atoms. The van der Waals surface area contributed by atoms with E-state index in [1.807, 2.05) is 19.9 Å². The van der Waals surface area contributed by atoms with Gasteiger partial charge in [-0.1, -0.05) is 13.3 Å². The minimum atomic E-state index is -1.05. The van der Waals surface area contributed by atoms with Crippen LogP contribution < -0.4 is 10.6 Å². The molecular formula is C20H37IN4O2. The van der Waals surface area contributed by atoms with Gasteiger partial charge < -0.3 is 20.2 Å². The molecule has 0 aromatic carbocycles. The number of piperidine rings is 1. The molecule has 1 aliphatic rings. The lowest BCUT2D eigenvalue weighted by molar-refractivity contribution is 0.0656. The molecule has 0 saturated carbocycles. The summed E-state index contributed by atoms with van der Waals surface area (Å²) in [6.45, 7) is 14.1. The number of nitrogens with one attached hydrogen (secondary N) is 2. The van der Waals surface area contributed by atoms with Gasteiger partial charge in [-0.15, -0.1) is 24.0 Å². The third-order valence-electron chi connectivity index (χ3n) is 5.17. The van der Waals surface area contributed by atoms with Crippen LogP contribution >= 0.6 is 24.0 Å². The lowest BCUT2D eigenvalue weighted by atomic mass is 9.96. The summed E-state index contributed by atoms with van der Waals surface area (Å²) in [4.78, 5) is 7.17. The van der Waals surface area contributed by atoms with Gasteiger partial charge in [0.15, 0.2) is 5.96 Å². The minimum absolute atomic E-state index is 0. The van der Waals surface area contributed by atoms with E-state index in [1.165, 1.54) is 25.8 Å². The summed E-state index contributed by atoms with van der Waals surface area (Å²) in [5.41, 5.74) is -0.246. The number of aliphatic imine (C=N–C) groups is 1. The molecule has 2 unspecified atom stereocenters. The van der Waals surface area contributed by atoms with Crippen molar-refractivity contribution in [1.82, 2.24) is 15.5 Å². The van der Waals surface area contributed by atoms with Gasteiger partial charge in [-0.25, -0.2) is 4.99 Å². The van der Waals surface area contributed by atoms with Gasteiger partial charge in [0.2, 0.25) is 0 Å². The molecule has 0 amide bonds. The Morgan fingerprint density at radius 3 is 2.67 bits per heavy atom. The van der Waals surface area contributed by atoms with Crippen LogP contribution in [0, 0.1) is 13.8 Å². The average Bonchev–Trinajstić information content (AvgIpc) is 2.97. The zero-order valence-electron chi connectivity index (χ0n) is 17.5. The summed E-state index contributed by atoms with van der Waals surface area (Å²) in [6.07, 6.45) is 3.82. The van der Waals surface area contributed by atoms with Crippen LogP contribution in [0.2, 0.25) is 0 Å². The molecule has 2 atom stereocenters. The van der Waals surface area contributed by atoms with Crippen LogP contribution in [0.15, 0.2) is 15.5 Å². The molecule has 0 spiro atoms. The standard InChI is InChI=1S/C20H36N4O2.HI/c1-6-21-19(22-13-17-10-8-9-11-24(17)7-2)23-14-20(5,25)18-12-15(3)26-16(18)4;/h12,17,25H,6-11,13-14H2,1-5H3,(H2,21,22,23);1H. The largest absolute Gasteiger partial charge is 0.466 e. The number of rotatable bonds is 7. The van der Waals surface area contributed by atoms with Gasteiger partial charge >= 0.3 is 0 Å². The van der Waals surface area contributed by atoms with E-state index in [0.29, 0.717) is 6.04 Å². The molecule has 6 nitrogen and oxygen atoms in total. The third-order valence-corrected chi connectivity index (χ3v) is 5.17. The lowest BCUT2D eigenvalue weighted by Crippen LogP contribution is -2.49. The van der Waals surface area contributed by atoms with Crippen molar-refractivity contribution in [2.75, 3.05) is 32.7 Å².